The van der Waals surface area contributed by atoms with Gasteiger partial charge in [0.25, 0.3) is 0 Å². The van der Waals surface area contributed by atoms with E-state index >= 15 is 0 Å². The maximum Gasteiger partial charge on any atom is 0.339 e. The lowest BCUT2D eigenvalue weighted by Crippen LogP contribution is -2.52. The number of carboxylic acid groups (broad SMARTS) is 1. The van der Waals surface area contributed by atoms with E-state index in [0.717, 1.165) is 18.1 Å². The molecule has 0 radical (unpaired) electrons. The van der Waals surface area contributed by atoms with Crippen molar-refractivity contribution in [2.45, 2.75) is 6.04 Å². The second kappa shape index (κ2) is 5.95. The number of benzene rings is 1. The number of fused-ring (bicyclic) bond motifs is 1. The number of nitrogens with one attached hydrogen (secondary N) is 1. The summed E-state index contributed by atoms with van der Waals surface area (Å²) in [4.78, 5) is 25.5. The van der Waals surface area contributed by atoms with E-state index in [-0.39, 0.29) is 23.3 Å². The van der Waals surface area contributed by atoms with Gasteiger partial charge in [0.1, 0.15) is 12.2 Å². The largest absolute Gasteiger partial charge is 0.489 e. The van der Waals surface area contributed by atoms with E-state index in [2.05, 4.69) is 5.32 Å². The van der Waals surface area contributed by atoms with Gasteiger partial charge in [-0.3, -0.25) is 4.79 Å². The number of para-hydroxylation sites is 1. The monoisotopic (exact) mass is 308 g/mol. The predicted octanol–water partition coefficient (Wildman–Crippen LogP) is 0.815. The molecule has 1 fully saturated rings. The molecule has 0 bridgehead atoms. The van der Waals surface area contributed by atoms with Crippen molar-refractivity contribution < 1.29 is 19.4 Å². The minimum Gasteiger partial charge on any atom is -0.489 e. The first-order valence-electron chi connectivity index (χ1n) is 6.80. The van der Waals surface area contributed by atoms with Gasteiger partial charge >= 0.3 is 5.97 Å². The third-order valence-electron chi connectivity index (χ3n) is 3.56. The highest BCUT2D eigenvalue weighted by Gasteiger charge is 2.32. The molecule has 2 heterocycles. The van der Waals surface area contributed by atoms with E-state index in [1.165, 1.54) is 6.07 Å². The number of carboxylic acids is 1. The summed E-state index contributed by atoms with van der Waals surface area (Å²) in [5, 5.41) is 12.4. The molecule has 1 unspecified atom stereocenters. The summed E-state index contributed by atoms with van der Waals surface area (Å²) in [6.45, 7) is 1.56. The summed E-state index contributed by atoms with van der Waals surface area (Å²) in [5.41, 5.74) is 0.638. The number of carbonyl (C=O) groups excluding carboxylic acids is 1. The average Bonchev–Trinajstić information content (AvgIpc) is 2.53. The molecule has 1 aromatic carbocycles. The van der Waals surface area contributed by atoms with Gasteiger partial charge in [0.2, 0.25) is 5.91 Å². The highest BCUT2D eigenvalue weighted by Crippen LogP contribution is 2.35. The van der Waals surface area contributed by atoms with Crippen LogP contribution in [-0.4, -0.2) is 54.2 Å². The second-order valence-electron chi connectivity index (χ2n) is 4.88. The summed E-state index contributed by atoms with van der Waals surface area (Å²) in [5.74, 6) is 0.964. The fourth-order valence-electron chi connectivity index (χ4n) is 2.56. The third-order valence-corrected chi connectivity index (χ3v) is 4.62. The molecular weight excluding hydrogens is 292 g/mol. The van der Waals surface area contributed by atoms with Crippen molar-refractivity contribution in [2.75, 3.05) is 36.1 Å². The van der Waals surface area contributed by atoms with Gasteiger partial charge in [0, 0.05) is 18.1 Å². The van der Waals surface area contributed by atoms with Crippen LogP contribution in [0.2, 0.25) is 0 Å². The normalized spacial score (nSPS) is 21.3. The van der Waals surface area contributed by atoms with Crippen LogP contribution in [0.3, 0.4) is 0 Å². The average molecular weight is 308 g/mol. The molecule has 1 atom stereocenters. The van der Waals surface area contributed by atoms with Crippen LogP contribution in [-0.2, 0) is 4.79 Å². The lowest BCUT2D eigenvalue weighted by molar-refractivity contribution is -0.120. The fourth-order valence-corrected chi connectivity index (χ4v) is 3.48. The summed E-state index contributed by atoms with van der Waals surface area (Å²) < 4.78 is 5.48. The van der Waals surface area contributed by atoms with Crippen LogP contribution in [0.5, 0.6) is 5.75 Å². The molecule has 2 aliphatic heterocycles. The molecule has 1 saturated heterocycles. The molecule has 3 rings (SSSR count). The first-order valence-corrected chi connectivity index (χ1v) is 7.95. The van der Waals surface area contributed by atoms with Gasteiger partial charge in [-0.05, 0) is 12.1 Å². The quantitative estimate of drug-likeness (QED) is 0.842. The van der Waals surface area contributed by atoms with Gasteiger partial charge < -0.3 is 20.1 Å². The molecule has 21 heavy (non-hydrogen) atoms. The molecule has 0 aliphatic carbocycles. The van der Waals surface area contributed by atoms with Crippen molar-refractivity contribution in [2.24, 2.45) is 0 Å². The van der Waals surface area contributed by atoms with Crippen LogP contribution in [0.4, 0.5) is 5.69 Å². The number of aromatic carboxylic acids is 1. The minimum absolute atomic E-state index is 0.0192. The maximum absolute atomic E-state index is 12.6. The zero-order valence-electron chi connectivity index (χ0n) is 11.4. The second-order valence-corrected chi connectivity index (χ2v) is 6.03. The Bertz CT molecular complexity index is 572. The molecule has 1 amide bonds. The van der Waals surface area contributed by atoms with Crippen molar-refractivity contribution in [1.82, 2.24) is 5.32 Å². The maximum atomic E-state index is 12.6. The van der Waals surface area contributed by atoms with Crippen molar-refractivity contribution in [1.29, 1.82) is 0 Å². The number of thioether (sulfide) groups is 1. The van der Waals surface area contributed by atoms with Gasteiger partial charge in [0.15, 0.2) is 5.75 Å². The number of ether oxygens (including phenoxy) is 1. The Balaban J connectivity index is 1.91. The standard InChI is InChI=1S/C14H16N2O4S/c17-13(10-8-21-7-4-15-10)16-5-6-20-12-9(14(18)19)2-1-3-11(12)16/h1-3,10,15H,4-8H2,(H,18,19). The zero-order chi connectivity index (χ0) is 14.8. The van der Waals surface area contributed by atoms with E-state index in [1.807, 2.05) is 0 Å². The molecule has 112 valence electrons. The van der Waals surface area contributed by atoms with Crippen LogP contribution in [0.25, 0.3) is 0 Å². The number of nitrogens with zero attached hydrogens (tertiary/aromatic N) is 1. The smallest absolute Gasteiger partial charge is 0.339 e. The Morgan fingerprint density at radius 3 is 3.00 bits per heavy atom. The zero-order valence-corrected chi connectivity index (χ0v) is 12.2. The third kappa shape index (κ3) is 2.71. The SMILES string of the molecule is O=C(O)c1cccc2c1OCCN2C(=O)C1CSCCN1. The molecule has 0 spiro atoms. The van der Waals surface area contributed by atoms with Gasteiger partial charge in [-0.2, -0.15) is 11.8 Å². The Labute approximate surface area is 126 Å². The molecule has 0 saturated carbocycles. The Hall–Kier alpha value is -1.73. The van der Waals surface area contributed by atoms with Crippen LogP contribution in [0, 0.1) is 0 Å². The lowest BCUT2D eigenvalue weighted by Gasteiger charge is -2.34. The Morgan fingerprint density at radius 2 is 2.29 bits per heavy atom. The van der Waals surface area contributed by atoms with Crippen LogP contribution >= 0.6 is 11.8 Å². The molecular formula is C14H16N2O4S. The van der Waals surface area contributed by atoms with Gasteiger partial charge in [-0.25, -0.2) is 4.79 Å². The summed E-state index contributed by atoms with van der Waals surface area (Å²) in [6, 6.07) is 4.64. The predicted molar refractivity (Wildman–Crippen MR) is 80.4 cm³/mol. The first kappa shape index (κ1) is 14.2. The fraction of sp³-hybridized carbons (Fsp3) is 0.429. The Kier molecular flexibility index (Phi) is 4.03. The van der Waals surface area contributed by atoms with Gasteiger partial charge in [0.05, 0.1) is 18.3 Å². The van der Waals surface area contributed by atoms with Crippen LogP contribution in [0.1, 0.15) is 10.4 Å². The van der Waals surface area contributed by atoms with E-state index in [4.69, 9.17) is 4.74 Å². The van der Waals surface area contributed by atoms with Crippen LogP contribution in [0.15, 0.2) is 18.2 Å². The van der Waals surface area contributed by atoms with Crippen LogP contribution < -0.4 is 15.0 Å². The number of amides is 1. The van der Waals surface area contributed by atoms with Crippen molar-refractivity contribution >= 4 is 29.3 Å². The first-order chi connectivity index (χ1) is 10.2. The molecule has 6 nitrogen and oxygen atoms in total. The summed E-state index contributed by atoms with van der Waals surface area (Å²) in [7, 11) is 0. The highest BCUT2D eigenvalue weighted by molar-refractivity contribution is 7.99. The molecule has 1 aromatic rings. The number of hydrogen-bond donors (Lipinski definition) is 2. The van der Waals surface area contributed by atoms with E-state index < -0.39 is 5.97 Å². The summed E-state index contributed by atoms with van der Waals surface area (Å²) in [6.07, 6.45) is 0. The number of carbonyl (C=O) groups is 2. The lowest BCUT2D eigenvalue weighted by atomic mass is 10.1. The number of anilines is 1. The van der Waals surface area contributed by atoms with Crippen molar-refractivity contribution in [3.63, 3.8) is 0 Å². The van der Waals surface area contributed by atoms with Crippen molar-refractivity contribution in [3.8, 4) is 5.75 Å². The topological polar surface area (TPSA) is 78.9 Å². The van der Waals surface area contributed by atoms with E-state index in [0.29, 0.717) is 18.8 Å². The minimum atomic E-state index is -1.05. The van der Waals surface area contributed by atoms with E-state index in [9.17, 15) is 14.7 Å². The highest BCUT2D eigenvalue weighted by atomic mass is 32.2. The number of rotatable bonds is 2. The Morgan fingerprint density at radius 1 is 1.43 bits per heavy atom. The number of hydrogen-bond acceptors (Lipinski definition) is 5. The van der Waals surface area contributed by atoms with Crippen molar-refractivity contribution in [3.05, 3.63) is 23.8 Å². The molecule has 0 aromatic heterocycles. The molecule has 7 heteroatoms. The van der Waals surface area contributed by atoms with E-state index in [1.54, 1.807) is 28.8 Å². The van der Waals surface area contributed by atoms with Gasteiger partial charge in [-0.1, -0.05) is 6.07 Å². The summed E-state index contributed by atoms with van der Waals surface area (Å²) >= 11 is 1.75. The van der Waals surface area contributed by atoms with Gasteiger partial charge in [-0.15, -0.1) is 0 Å². The molecule has 2 N–H and O–H groups in total. The molecule has 2 aliphatic rings.